The van der Waals surface area contributed by atoms with Gasteiger partial charge in [-0.05, 0) is 18.4 Å². The average Bonchev–Trinajstić information content (AvgIpc) is 2.23. The standard InChI is InChI=1S/C14H17O/c1-4-7-12-10-11-15-14(9-6-3)13(12)8-5-2/h4-6,10-11H,1-3,7-9H2/q+1. The van der Waals surface area contributed by atoms with Gasteiger partial charge in [-0.25, -0.2) is 4.42 Å². The molecule has 0 aliphatic heterocycles. The van der Waals surface area contributed by atoms with Gasteiger partial charge in [-0.1, -0.05) is 18.2 Å². The van der Waals surface area contributed by atoms with E-state index in [0.29, 0.717) is 0 Å². The Kier molecular flexibility index (Phi) is 4.55. The molecule has 0 atom stereocenters. The van der Waals surface area contributed by atoms with Crippen molar-refractivity contribution in [1.82, 2.24) is 0 Å². The minimum Gasteiger partial charge on any atom is -0.220 e. The Morgan fingerprint density at radius 1 is 1.00 bits per heavy atom. The van der Waals surface area contributed by atoms with Gasteiger partial charge in [-0.3, -0.25) is 0 Å². The van der Waals surface area contributed by atoms with E-state index in [4.69, 9.17) is 4.42 Å². The first-order valence-electron chi connectivity index (χ1n) is 5.07. The summed E-state index contributed by atoms with van der Waals surface area (Å²) in [5.74, 6) is 0.976. The molecule has 1 rings (SSSR count). The van der Waals surface area contributed by atoms with E-state index < -0.39 is 0 Å². The maximum atomic E-state index is 5.49. The normalized spacial score (nSPS) is 9.60. The van der Waals surface area contributed by atoms with E-state index in [9.17, 15) is 0 Å². The van der Waals surface area contributed by atoms with Crippen molar-refractivity contribution in [3.63, 3.8) is 0 Å². The zero-order valence-electron chi connectivity index (χ0n) is 9.04. The quantitative estimate of drug-likeness (QED) is 0.504. The summed E-state index contributed by atoms with van der Waals surface area (Å²) in [6.45, 7) is 11.2. The third-order valence-electron chi connectivity index (χ3n) is 2.25. The second-order valence-corrected chi connectivity index (χ2v) is 3.33. The van der Waals surface area contributed by atoms with Crippen LogP contribution in [-0.4, -0.2) is 0 Å². The Bertz CT molecular complexity index is 335. The van der Waals surface area contributed by atoms with Crippen molar-refractivity contribution in [1.29, 1.82) is 0 Å². The zero-order valence-corrected chi connectivity index (χ0v) is 9.04. The maximum Gasteiger partial charge on any atom is 0.336 e. The highest BCUT2D eigenvalue weighted by Gasteiger charge is 2.16. The molecule has 15 heavy (non-hydrogen) atoms. The van der Waals surface area contributed by atoms with Crippen LogP contribution >= 0.6 is 0 Å². The van der Waals surface area contributed by atoms with Crippen molar-refractivity contribution in [3.8, 4) is 0 Å². The summed E-state index contributed by atoms with van der Waals surface area (Å²) in [6.07, 6.45) is 9.82. The van der Waals surface area contributed by atoms with Gasteiger partial charge in [0.15, 0.2) is 0 Å². The summed E-state index contributed by atoms with van der Waals surface area (Å²) in [7, 11) is 0. The molecule has 1 heterocycles. The van der Waals surface area contributed by atoms with Gasteiger partial charge in [-0.2, -0.15) is 0 Å². The molecule has 0 bridgehead atoms. The van der Waals surface area contributed by atoms with Crippen LogP contribution in [0.2, 0.25) is 0 Å². The summed E-state index contributed by atoms with van der Waals surface area (Å²) in [6, 6.07) is 1.99. The summed E-state index contributed by atoms with van der Waals surface area (Å²) in [5.41, 5.74) is 2.47. The second kappa shape index (κ2) is 5.97. The highest BCUT2D eigenvalue weighted by Crippen LogP contribution is 2.18. The van der Waals surface area contributed by atoms with Crippen LogP contribution in [-0.2, 0) is 19.3 Å². The Labute approximate surface area is 91.5 Å². The zero-order chi connectivity index (χ0) is 11.1. The van der Waals surface area contributed by atoms with Gasteiger partial charge >= 0.3 is 12.0 Å². The molecule has 0 saturated carbocycles. The molecule has 1 nitrogen and oxygen atoms in total. The molecule has 0 aliphatic rings. The molecule has 0 N–H and O–H groups in total. The first kappa shape index (κ1) is 11.4. The third kappa shape index (κ3) is 2.91. The van der Waals surface area contributed by atoms with Crippen LogP contribution in [0.4, 0.5) is 0 Å². The van der Waals surface area contributed by atoms with E-state index in [0.717, 1.165) is 25.0 Å². The molecule has 0 saturated heterocycles. The molecular formula is C14H17O+. The molecule has 0 aliphatic carbocycles. The lowest BCUT2D eigenvalue weighted by molar-refractivity contribution is 0.496. The van der Waals surface area contributed by atoms with E-state index in [2.05, 4.69) is 19.7 Å². The number of hydrogen-bond donors (Lipinski definition) is 0. The molecule has 0 fully saturated rings. The van der Waals surface area contributed by atoms with Crippen molar-refractivity contribution in [2.45, 2.75) is 19.3 Å². The maximum absolute atomic E-state index is 5.49. The summed E-state index contributed by atoms with van der Waals surface area (Å²) in [5, 5.41) is 0. The summed E-state index contributed by atoms with van der Waals surface area (Å²) in [4.78, 5) is 0. The Morgan fingerprint density at radius 2 is 1.67 bits per heavy atom. The lowest BCUT2D eigenvalue weighted by atomic mass is 10.0. The van der Waals surface area contributed by atoms with Crippen LogP contribution in [0.1, 0.15) is 16.9 Å². The minimum absolute atomic E-state index is 0.758. The Morgan fingerprint density at radius 3 is 2.27 bits per heavy atom. The van der Waals surface area contributed by atoms with Crippen molar-refractivity contribution >= 4 is 0 Å². The molecule has 0 aromatic carbocycles. The van der Waals surface area contributed by atoms with E-state index in [1.165, 1.54) is 11.1 Å². The Balaban J connectivity index is 3.13. The summed E-state index contributed by atoms with van der Waals surface area (Å²) >= 11 is 0. The molecule has 0 spiro atoms. The van der Waals surface area contributed by atoms with Crippen LogP contribution in [0.25, 0.3) is 0 Å². The number of hydrogen-bond acceptors (Lipinski definition) is 0. The lowest BCUT2D eigenvalue weighted by Gasteiger charge is -2.02. The fourth-order valence-electron chi connectivity index (χ4n) is 1.59. The first-order valence-corrected chi connectivity index (χ1v) is 5.07. The molecular weight excluding hydrogens is 184 g/mol. The first-order chi connectivity index (χ1) is 7.33. The van der Waals surface area contributed by atoms with Gasteiger partial charge in [0.1, 0.15) is 0 Å². The molecule has 78 valence electrons. The number of rotatable bonds is 6. The van der Waals surface area contributed by atoms with E-state index >= 15 is 0 Å². The predicted molar refractivity (Wildman–Crippen MR) is 64.8 cm³/mol. The third-order valence-corrected chi connectivity index (χ3v) is 2.25. The van der Waals surface area contributed by atoms with Crippen molar-refractivity contribution < 1.29 is 4.42 Å². The monoisotopic (exact) mass is 201 g/mol. The fourth-order valence-corrected chi connectivity index (χ4v) is 1.59. The summed E-state index contributed by atoms with van der Waals surface area (Å²) < 4.78 is 5.49. The van der Waals surface area contributed by atoms with Crippen molar-refractivity contribution in [2.24, 2.45) is 0 Å². The van der Waals surface area contributed by atoms with Crippen LogP contribution < -0.4 is 0 Å². The molecule has 0 amide bonds. The van der Waals surface area contributed by atoms with E-state index in [1.807, 2.05) is 24.3 Å². The smallest absolute Gasteiger partial charge is 0.220 e. The molecule has 1 aromatic heterocycles. The highest BCUT2D eigenvalue weighted by molar-refractivity contribution is 5.32. The van der Waals surface area contributed by atoms with E-state index in [-0.39, 0.29) is 0 Å². The van der Waals surface area contributed by atoms with Gasteiger partial charge in [0, 0.05) is 6.07 Å². The van der Waals surface area contributed by atoms with Crippen LogP contribution in [0, 0.1) is 0 Å². The molecule has 1 aromatic rings. The van der Waals surface area contributed by atoms with Gasteiger partial charge in [0.2, 0.25) is 0 Å². The van der Waals surface area contributed by atoms with Gasteiger partial charge < -0.3 is 0 Å². The van der Waals surface area contributed by atoms with Crippen molar-refractivity contribution in [2.75, 3.05) is 0 Å². The SMILES string of the molecule is C=CCc1cc[o+]c(CC=C)c1CC=C. The molecule has 0 radical (unpaired) electrons. The molecule has 1 heteroatoms. The molecule has 0 unspecified atom stereocenters. The predicted octanol–water partition coefficient (Wildman–Crippen LogP) is 3.75. The second-order valence-electron chi connectivity index (χ2n) is 3.33. The highest BCUT2D eigenvalue weighted by atomic mass is 16.3. The fraction of sp³-hybridized carbons (Fsp3) is 0.214. The Hall–Kier alpha value is -1.63. The van der Waals surface area contributed by atoms with Gasteiger partial charge in [0.05, 0.1) is 12.0 Å². The van der Waals surface area contributed by atoms with Crippen LogP contribution in [0.5, 0.6) is 0 Å². The van der Waals surface area contributed by atoms with Crippen molar-refractivity contribution in [3.05, 3.63) is 67.2 Å². The van der Waals surface area contributed by atoms with E-state index in [1.54, 1.807) is 6.26 Å². The number of allylic oxidation sites excluding steroid dienone is 3. The minimum atomic E-state index is 0.758. The van der Waals surface area contributed by atoms with Crippen LogP contribution in [0.3, 0.4) is 0 Å². The van der Waals surface area contributed by atoms with Gasteiger partial charge in [-0.15, -0.1) is 19.7 Å². The average molecular weight is 201 g/mol. The largest absolute Gasteiger partial charge is 0.336 e. The lowest BCUT2D eigenvalue weighted by Crippen LogP contribution is -1.97. The topological polar surface area (TPSA) is 11.3 Å². The van der Waals surface area contributed by atoms with Crippen LogP contribution in [0.15, 0.2) is 54.7 Å². The van der Waals surface area contributed by atoms with Gasteiger partial charge in [0.25, 0.3) is 0 Å².